The van der Waals surface area contributed by atoms with Crippen molar-refractivity contribution in [3.8, 4) is 0 Å². The van der Waals surface area contributed by atoms with Gasteiger partial charge in [0.05, 0.1) is 17.5 Å². The first-order valence-corrected chi connectivity index (χ1v) is 12.1. The molecule has 1 atom stereocenters. The Bertz CT molecular complexity index is 1030. The van der Waals surface area contributed by atoms with Gasteiger partial charge in [-0.25, -0.2) is 0 Å². The fraction of sp³-hybridized carbons (Fsp3) is 0.304. The molecule has 3 heterocycles. The topological polar surface area (TPSA) is 49.9 Å². The lowest BCUT2D eigenvalue weighted by Crippen LogP contribution is -2.47. The van der Waals surface area contributed by atoms with Gasteiger partial charge in [-0.05, 0) is 52.6 Å². The Labute approximate surface area is 194 Å². The van der Waals surface area contributed by atoms with Crippen molar-refractivity contribution in [3.05, 3.63) is 79.1 Å². The molecule has 0 fully saturated rings. The minimum absolute atomic E-state index is 0.0175. The van der Waals surface area contributed by atoms with Crippen molar-refractivity contribution in [2.24, 2.45) is 0 Å². The van der Waals surface area contributed by atoms with Crippen molar-refractivity contribution in [3.63, 3.8) is 0 Å². The molecular formula is C23H23ClN2O3S2. The van der Waals surface area contributed by atoms with Crippen molar-refractivity contribution < 1.29 is 14.3 Å². The van der Waals surface area contributed by atoms with Gasteiger partial charge in [-0.1, -0.05) is 29.8 Å². The fourth-order valence-corrected chi connectivity index (χ4v) is 5.57. The zero-order valence-electron chi connectivity index (χ0n) is 17.1. The first-order valence-electron chi connectivity index (χ1n) is 10.0. The Morgan fingerprint density at radius 1 is 1.16 bits per heavy atom. The van der Waals surface area contributed by atoms with Crippen LogP contribution in [0.5, 0.6) is 0 Å². The lowest BCUT2D eigenvalue weighted by atomic mass is 9.93. The van der Waals surface area contributed by atoms with E-state index in [0.29, 0.717) is 29.6 Å². The zero-order valence-corrected chi connectivity index (χ0v) is 19.5. The van der Waals surface area contributed by atoms with Crippen LogP contribution >= 0.6 is 34.3 Å². The Morgan fingerprint density at radius 2 is 1.97 bits per heavy atom. The van der Waals surface area contributed by atoms with E-state index in [2.05, 4.69) is 11.4 Å². The SMILES string of the molecule is COCCN(CC(=O)N1CCc2sccc2C1c1ccc(Cl)cc1)C(=O)c1cccs1. The van der Waals surface area contributed by atoms with E-state index >= 15 is 0 Å². The normalized spacial score (nSPS) is 15.5. The van der Waals surface area contributed by atoms with Gasteiger partial charge in [-0.15, -0.1) is 22.7 Å². The third kappa shape index (κ3) is 4.85. The second-order valence-corrected chi connectivity index (χ2v) is 9.67. The largest absolute Gasteiger partial charge is 0.383 e. The van der Waals surface area contributed by atoms with Crippen molar-refractivity contribution >= 4 is 46.1 Å². The number of methoxy groups -OCH3 is 1. The molecule has 8 heteroatoms. The number of nitrogens with zero attached hydrogens (tertiary/aromatic N) is 2. The number of ether oxygens (including phenoxy) is 1. The van der Waals surface area contributed by atoms with Gasteiger partial charge in [-0.3, -0.25) is 9.59 Å². The summed E-state index contributed by atoms with van der Waals surface area (Å²) < 4.78 is 5.18. The fourth-order valence-electron chi connectivity index (χ4n) is 3.85. The zero-order chi connectivity index (χ0) is 21.8. The number of amides is 2. The monoisotopic (exact) mass is 474 g/mol. The van der Waals surface area contributed by atoms with Gasteiger partial charge in [0.1, 0.15) is 6.54 Å². The maximum atomic E-state index is 13.5. The first kappa shape index (κ1) is 22.0. The van der Waals surface area contributed by atoms with Crippen LogP contribution < -0.4 is 0 Å². The molecule has 0 radical (unpaired) electrons. The average molecular weight is 475 g/mol. The smallest absolute Gasteiger partial charge is 0.264 e. The van der Waals surface area contributed by atoms with E-state index in [1.165, 1.54) is 16.2 Å². The Morgan fingerprint density at radius 3 is 2.68 bits per heavy atom. The summed E-state index contributed by atoms with van der Waals surface area (Å²) >= 11 is 9.20. The van der Waals surface area contributed by atoms with E-state index in [-0.39, 0.29) is 24.4 Å². The molecule has 0 spiro atoms. The number of hydrogen-bond acceptors (Lipinski definition) is 5. The second-order valence-electron chi connectivity index (χ2n) is 7.29. The molecule has 1 aliphatic rings. The third-order valence-electron chi connectivity index (χ3n) is 5.38. The molecule has 4 rings (SSSR count). The molecule has 0 aliphatic carbocycles. The maximum absolute atomic E-state index is 13.5. The number of carbonyl (C=O) groups excluding carboxylic acids is 2. The molecule has 0 saturated carbocycles. The highest BCUT2D eigenvalue weighted by Gasteiger charge is 2.34. The van der Waals surface area contributed by atoms with E-state index in [4.69, 9.17) is 16.3 Å². The van der Waals surface area contributed by atoms with E-state index < -0.39 is 0 Å². The van der Waals surface area contributed by atoms with Crippen molar-refractivity contribution in [1.29, 1.82) is 0 Å². The number of thiophene rings is 2. The number of rotatable bonds is 7. The summed E-state index contributed by atoms with van der Waals surface area (Å²) in [5, 5.41) is 4.60. The Balaban J connectivity index is 1.60. The van der Waals surface area contributed by atoms with E-state index in [9.17, 15) is 9.59 Å². The lowest BCUT2D eigenvalue weighted by Gasteiger charge is -2.37. The van der Waals surface area contributed by atoms with Crippen LogP contribution in [0.3, 0.4) is 0 Å². The number of fused-ring (bicyclic) bond motifs is 1. The summed E-state index contributed by atoms with van der Waals surface area (Å²) in [6.45, 7) is 1.37. The van der Waals surface area contributed by atoms with Gasteiger partial charge < -0.3 is 14.5 Å². The highest BCUT2D eigenvalue weighted by Crippen LogP contribution is 2.38. The molecule has 1 aromatic carbocycles. The average Bonchev–Trinajstić information content (AvgIpc) is 3.48. The predicted molar refractivity (Wildman–Crippen MR) is 125 cm³/mol. The van der Waals surface area contributed by atoms with E-state index in [1.807, 2.05) is 40.6 Å². The van der Waals surface area contributed by atoms with Crippen LogP contribution in [0.25, 0.3) is 0 Å². The minimum Gasteiger partial charge on any atom is -0.383 e. The quantitative estimate of drug-likeness (QED) is 0.497. The molecule has 2 amide bonds. The molecule has 0 bridgehead atoms. The van der Waals surface area contributed by atoms with Crippen molar-refractivity contribution in [2.75, 3.05) is 33.4 Å². The molecule has 3 aromatic rings. The number of benzene rings is 1. The van der Waals surface area contributed by atoms with Crippen LogP contribution in [0.2, 0.25) is 5.02 Å². The summed E-state index contributed by atoms with van der Waals surface area (Å²) in [7, 11) is 1.59. The third-order valence-corrected chi connectivity index (χ3v) is 7.49. The summed E-state index contributed by atoms with van der Waals surface area (Å²) in [6.07, 6.45) is 0.819. The van der Waals surface area contributed by atoms with E-state index in [0.717, 1.165) is 17.5 Å². The van der Waals surface area contributed by atoms with Gasteiger partial charge in [0, 0.05) is 30.1 Å². The van der Waals surface area contributed by atoms with Crippen LogP contribution in [-0.4, -0.2) is 55.0 Å². The molecule has 1 aliphatic heterocycles. The maximum Gasteiger partial charge on any atom is 0.264 e. The van der Waals surface area contributed by atoms with Crippen molar-refractivity contribution in [2.45, 2.75) is 12.5 Å². The summed E-state index contributed by atoms with van der Waals surface area (Å²) in [5.41, 5.74) is 2.17. The molecule has 1 unspecified atom stereocenters. The predicted octanol–water partition coefficient (Wildman–Crippen LogP) is 4.73. The number of hydrogen-bond donors (Lipinski definition) is 0. The lowest BCUT2D eigenvalue weighted by molar-refractivity contribution is -0.134. The molecule has 0 saturated heterocycles. The van der Waals surface area contributed by atoms with E-state index in [1.54, 1.807) is 29.4 Å². The van der Waals surface area contributed by atoms with Gasteiger partial charge in [0.2, 0.25) is 5.91 Å². The summed E-state index contributed by atoms with van der Waals surface area (Å²) in [5.74, 6) is -0.213. The standard InChI is InChI=1S/C23H23ClN2O3S2/c1-29-12-11-25(23(28)20-3-2-13-30-20)15-21(27)26-10-8-19-18(9-14-31-19)22(26)16-4-6-17(24)7-5-16/h2-7,9,13-14,22H,8,10-12,15H2,1H3. The highest BCUT2D eigenvalue weighted by molar-refractivity contribution is 7.12. The van der Waals surface area contributed by atoms with Crippen LogP contribution in [0.4, 0.5) is 0 Å². The molecular weight excluding hydrogens is 452 g/mol. The van der Waals surface area contributed by atoms with Gasteiger partial charge in [-0.2, -0.15) is 0 Å². The first-order chi connectivity index (χ1) is 15.1. The molecule has 5 nitrogen and oxygen atoms in total. The van der Waals surface area contributed by atoms with Gasteiger partial charge in [0.25, 0.3) is 5.91 Å². The minimum atomic E-state index is -0.180. The Hall–Kier alpha value is -2.19. The summed E-state index contributed by atoms with van der Waals surface area (Å²) in [4.78, 5) is 31.9. The highest BCUT2D eigenvalue weighted by atomic mass is 35.5. The molecule has 0 N–H and O–H groups in total. The molecule has 2 aromatic heterocycles. The van der Waals surface area contributed by atoms with Crippen LogP contribution in [0.15, 0.2) is 53.2 Å². The number of halogens is 1. The molecule has 162 valence electrons. The van der Waals surface area contributed by atoms with Crippen LogP contribution in [-0.2, 0) is 16.0 Å². The van der Waals surface area contributed by atoms with Gasteiger partial charge >= 0.3 is 0 Å². The summed E-state index contributed by atoms with van der Waals surface area (Å²) in [6, 6.07) is 13.2. The Kier molecular flexibility index (Phi) is 7.07. The molecule has 31 heavy (non-hydrogen) atoms. The number of carbonyl (C=O) groups is 2. The van der Waals surface area contributed by atoms with Crippen molar-refractivity contribution in [1.82, 2.24) is 9.80 Å². The van der Waals surface area contributed by atoms with Gasteiger partial charge in [0.15, 0.2) is 0 Å². The van der Waals surface area contributed by atoms with Crippen LogP contribution in [0, 0.1) is 0 Å². The second kappa shape index (κ2) is 9.96. The van der Waals surface area contributed by atoms with Crippen LogP contribution in [0.1, 0.15) is 31.7 Å².